The molecule has 5 nitrogen and oxygen atoms in total. The molecule has 0 fully saturated rings. The van der Waals surface area contributed by atoms with E-state index < -0.39 is 4.92 Å². The van der Waals surface area contributed by atoms with E-state index in [4.69, 9.17) is 4.42 Å². The zero-order chi connectivity index (χ0) is 18.7. The summed E-state index contributed by atoms with van der Waals surface area (Å²) in [7, 11) is 0. The highest BCUT2D eigenvalue weighted by Crippen LogP contribution is 2.31. The predicted octanol–water partition coefficient (Wildman–Crippen LogP) is 5.99. The monoisotopic (exact) mass is 408 g/mol. The van der Waals surface area contributed by atoms with Crippen molar-refractivity contribution in [2.45, 2.75) is 6.92 Å². The fourth-order valence-corrected chi connectivity index (χ4v) is 3.19. The molecule has 26 heavy (non-hydrogen) atoms. The summed E-state index contributed by atoms with van der Waals surface area (Å²) in [4.78, 5) is 10.4. The van der Waals surface area contributed by atoms with E-state index in [0.29, 0.717) is 17.1 Å². The number of benzene rings is 2. The van der Waals surface area contributed by atoms with Gasteiger partial charge >= 0.3 is 0 Å². The van der Waals surface area contributed by atoms with Crippen molar-refractivity contribution in [1.29, 1.82) is 5.26 Å². The van der Waals surface area contributed by atoms with Crippen LogP contribution < -0.4 is 0 Å². The molecule has 6 heteroatoms. The Morgan fingerprint density at radius 2 is 2.04 bits per heavy atom. The van der Waals surface area contributed by atoms with Crippen molar-refractivity contribution in [2.75, 3.05) is 0 Å². The SMILES string of the molecule is Cc1ccc(-c2ccc(/C=C(\C#N)c3cccc([N+](=O)[O-])c3)o2)c(Br)c1. The fraction of sp³-hybridized carbons (Fsp3) is 0.0500. The van der Waals surface area contributed by atoms with Crippen LogP contribution in [0.1, 0.15) is 16.9 Å². The topological polar surface area (TPSA) is 80.1 Å². The molecule has 0 unspecified atom stereocenters. The lowest BCUT2D eigenvalue weighted by Crippen LogP contribution is -1.89. The highest BCUT2D eigenvalue weighted by atomic mass is 79.9. The molecule has 1 aromatic heterocycles. The van der Waals surface area contributed by atoms with E-state index in [9.17, 15) is 15.4 Å². The van der Waals surface area contributed by atoms with Gasteiger partial charge in [0.15, 0.2) is 0 Å². The van der Waals surface area contributed by atoms with Gasteiger partial charge in [-0.1, -0.05) is 34.1 Å². The quantitative estimate of drug-likeness (QED) is 0.301. The first-order chi connectivity index (χ1) is 12.5. The maximum atomic E-state index is 10.9. The van der Waals surface area contributed by atoms with E-state index in [1.807, 2.05) is 31.2 Å². The molecule has 3 rings (SSSR count). The number of rotatable bonds is 4. The number of nitriles is 1. The molecule has 3 aromatic rings. The molecule has 0 bridgehead atoms. The summed E-state index contributed by atoms with van der Waals surface area (Å²) >= 11 is 3.52. The Balaban J connectivity index is 1.96. The molecule has 0 aliphatic rings. The van der Waals surface area contributed by atoms with Crippen LogP contribution in [-0.4, -0.2) is 4.92 Å². The van der Waals surface area contributed by atoms with Gasteiger partial charge in [-0.2, -0.15) is 5.26 Å². The van der Waals surface area contributed by atoms with Gasteiger partial charge in [-0.3, -0.25) is 10.1 Å². The number of nitro benzene ring substituents is 1. The summed E-state index contributed by atoms with van der Waals surface area (Å²) in [6.45, 7) is 2.00. The smallest absolute Gasteiger partial charge is 0.270 e. The Morgan fingerprint density at radius 1 is 1.23 bits per heavy atom. The molecule has 1 heterocycles. The summed E-state index contributed by atoms with van der Waals surface area (Å²) in [5.41, 5.74) is 2.73. The summed E-state index contributed by atoms with van der Waals surface area (Å²) < 4.78 is 6.75. The number of aryl methyl sites for hydroxylation is 1. The normalized spacial score (nSPS) is 11.2. The van der Waals surface area contributed by atoms with Crippen LogP contribution >= 0.6 is 15.9 Å². The minimum Gasteiger partial charge on any atom is -0.457 e. The van der Waals surface area contributed by atoms with Crippen LogP contribution in [0, 0.1) is 28.4 Å². The van der Waals surface area contributed by atoms with E-state index >= 15 is 0 Å². The molecule has 0 aliphatic carbocycles. The molecule has 0 aliphatic heterocycles. The van der Waals surface area contributed by atoms with Crippen molar-refractivity contribution < 1.29 is 9.34 Å². The first-order valence-electron chi connectivity index (χ1n) is 7.71. The first kappa shape index (κ1) is 17.6. The van der Waals surface area contributed by atoms with Gasteiger partial charge < -0.3 is 4.42 Å². The van der Waals surface area contributed by atoms with Gasteiger partial charge in [-0.05, 0) is 48.4 Å². The van der Waals surface area contributed by atoms with Gasteiger partial charge in [0.2, 0.25) is 0 Å². The van der Waals surface area contributed by atoms with Crippen molar-refractivity contribution >= 4 is 33.3 Å². The Kier molecular flexibility index (Phi) is 5.01. The second-order valence-corrected chi connectivity index (χ2v) is 6.52. The van der Waals surface area contributed by atoms with Crippen molar-refractivity contribution in [3.8, 4) is 17.4 Å². The summed E-state index contributed by atoms with van der Waals surface area (Å²) in [5.74, 6) is 1.16. The van der Waals surface area contributed by atoms with E-state index in [-0.39, 0.29) is 11.3 Å². The van der Waals surface area contributed by atoms with Crippen molar-refractivity contribution in [2.24, 2.45) is 0 Å². The minimum atomic E-state index is -0.488. The van der Waals surface area contributed by atoms with Gasteiger partial charge in [-0.15, -0.1) is 0 Å². The standard InChI is InChI=1S/C20H13BrN2O3/c1-13-5-7-18(19(21)9-13)20-8-6-17(26-20)11-15(12-22)14-3-2-4-16(10-14)23(24)25/h2-11H,1H3/b15-11+. The Bertz CT molecular complexity index is 1060. The lowest BCUT2D eigenvalue weighted by Gasteiger charge is -2.02. The maximum Gasteiger partial charge on any atom is 0.270 e. The number of hydrogen-bond donors (Lipinski definition) is 0. The molecule has 0 amide bonds. The van der Waals surface area contributed by atoms with E-state index in [1.165, 1.54) is 12.1 Å². The largest absolute Gasteiger partial charge is 0.457 e. The Morgan fingerprint density at radius 3 is 2.73 bits per heavy atom. The number of non-ortho nitro benzene ring substituents is 1. The Labute approximate surface area is 158 Å². The second-order valence-electron chi connectivity index (χ2n) is 5.66. The summed E-state index contributed by atoms with van der Waals surface area (Å²) in [6.07, 6.45) is 1.57. The van der Waals surface area contributed by atoms with Crippen molar-refractivity contribution in [3.05, 3.63) is 86.1 Å². The Hall–Kier alpha value is -3.17. The van der Waals surface area contributed by atoms with Crippen molar-refractivity contribution in [3.63, 3.8) is 0 Å². The van der Waals surface area contributed by atoms with Gasteiger partial charge in [0.1, 0.15) is 11.5 Å². The average molecular weight is 409 g/mol. The first-order valence-corrected chi connectivity index (χ1v) is 8.50. The van der Waals surface area contributed by atoms with Crippen molar-refractivity contribution in [1.82, 2.24) is 0 Å². The summed E-state index contributed by atoms with van der Waals surface area (Å²) in [5, 5.41) is 20.4. The average Bonchev–Trinajstić information content (AvgIpc) is 3.08. The highest BCUT2D eigenvalue weighted by Gasteiger charge is 2.11. The number of nitrogens with zero attached hydrogens (tertiary/aromatic N) is 2. The van der Waals surface area contributed by atoms with E-state index in [0.717, 1.165) is 15.6 Å². The number of halogens is 1. The zero-order valence-corrected chi connectivity index (χ0v) is 15.4. The van der Waals surface area contributed by atoms with Gasteiger partial charge in [0, 0.05) is 22.2 Å². The van der Waals surface area contributed by atoms with Gasteiger partial charge in [0.05, 0.1) is 16.6 Å². The molecule has 128 valence electrons. The maximum absolute atomic E-state index is 10.9. The number of furan rings is 1. The molecule has 0 N–H and O–H groups in total. The molecule has 0 saturated heterocycles. The molecule has 2 aromatic carbocycles. The van der Waals surface area contributed by atoms with Crippen LogP contribution in [0.5, 0.6) is 0 Å². The van der Waals surface area contributed by atoms with E-state index in [1.54, 1.807) is 24.3 Å². The molecule has 0 spiro atoms. The predicted molar refractivity (Wildman–Crippen MR) is 103 cm³/mol. The minimum absolute atomic E-state index is 0.0626. The number of allylic oxidation sites excluding steroid dienone is 1. The third-order valence-electron chi connectivity index (χ3n) is 3.79. The number of hydrogen-bond acceptors (Lipinski definition) is 4. The van der Waals surface area contributed by atoms with Crippen LogP contribution in [0.2, 0.25) is 0 Å². The molecule has 0 radical (unpaired) electrons. The van der Waals surface area contributed by atoms with Crippen LogP contribution in [-0.2, 0) is 0 Å². The highest BCUT2D eigenvalue weighted by molar-refractivity contribution is 9.10. The van der Waals surface area contributed by atoms with Gasteiger partial charge in [-0.25, -0.2) is 0 Å². The van der Waals surface area contributed by atoms with Crippen LogP contribution in [0.3, 0.4) is 0 Å². The molecule has 0 saturated carbocycles. The molecular weight excluding hydrogens is 396 g/mol. The third-order valence-corrected chi connectivity index (χ3v) is 4.45. The van der Waals surface area contributed by atoms with E-state index in [2.05, 4.69) is 22.0 Å². The van der Waals surface area contributed by atoms with Crippen LogP contribution in [0.15, 0.2) is 63.5 Å². The van der Waals surface area contributed by atoms with Crippen LogP contribution in [0.4, 0.5) is 5.69 Å². The fourth-order valence-electron chi connectivity index (χ4n) is 2.50. The number of nitro groups is 1. The van der Waals surface area contributed by atoms with Gasteiger partial charge in [0.25, 0.3) is 5.69 Å². The zero-order valence-electron chi connectivity index (χ0n) is 13.8. The molecular formula is C20H13BrN2O3. The summed E-state index contributed by atoms with van der Waals surface area (Å²) in [6, 6.07) is 17.6. The third kappa shape index (κ3) is 3.73. The lowest BCUT2D eigenvalue weighted by molar-refractivity contribution is -0.384. The van der Waals surface area contributed by atoms with Crippen LogP contribution in [0.25, 0.3) is 23.0 Å². The molecule has 0 atom stereocenters. The second kappa shape index (κ2) is 7.38. The lowest BCUT2D eigenvalue weighted by atomic mass is 10.1.